The summed E-state index contributed by atoms with van der Waals surface area (Å²) in [6, 6.07) is 5.97. The highest BCUT2D eigenvalue weighted by Crippen LogP contribution is 2.19. The first kappa shape index (κ1) is 12.9. The molecule has 0 saturated carbocycles. The van der Waals surface area contributed by atoms with Crippen molar-refractivity contribution in [1.82, 2.24) is 0 Å². The van der Waals surface area contributed by atoms with Gasteiger partial charge >= 0.3 is 0 Å². The zero-order valence-corrected chi connectivity index (χ0v) is 10.7. The van der Waals surface area contributed by atoms with Crippen LogP contribution in [-0.2, 0) is 4.74 Å². The minimum atomic E-state index is 0.388. The number of aryl methyl sites for hydroxylation is 1. The lowest BCUT2D eigenvalue weighted by atomic mass is 10.1. The van der Waals surface area contributed by atoms with E-state index in [-0.39, 0.29) is 0 Å². The molecule has 18 heavy (non-hydrogen) atoms. The van der Waals surface area contributed by atoms with Gasteiger partial charge in [0.15, 0.2) is 0 Å². The summed E-state index contributed by atoms with van der Waals surface area (Å²) >= 11 is 0. The molecule has 1 aliphatic rings. The van der Waals surface area contributed by atoms with Crippen LogP contribution in [0.3, 0.4) is 0 Å². The van der Waals surface area contributed by atoms with Gasteiger partial charge in [-0.25, -0.2) is 0 Å². The van der Waals surface area contributed by atoms with Crippen LogP contribution in [0.1, 0.15) is 17.5 Å². The lowest BCUT2D eigenvalue weighted by molar-refractivity contribution is 0.167. The van der Waals surface area contributed by atoms with E-state index >= 15 is 0 Å². The molecule has 1 unspecified atom stereocenters. The van der Waals surface area contributed by atoms with E-state index in [2.05, 4.69) is 11.8 Å². The molecule has 1 atom stereocenters. The minimum Gasteiger partial charge on any atom is -0.493 e. The van der Waals surface area contributed by atoms with E-state index < -0.39 is 0 Å². The molecule has 96 valence electrons. The van der Waals surface area contributed by atoms with E-state index in [1.165, 1.54) is 0 Å². The second-order valence-corrected chi connectivity index (χ2v) is 4.52. The van der Waals surface area contributed by atoms with E-state index in [9.17, 15) is 0 Å². The van der Waals surface area contributed by atoms with E-state index in [1.54, 1.807) is 0 Å². The fourth-order valence-corrected chi connectivity index (χ4v) is 1.94. The second-order valence-electron chi connectivity index (χ2n) is 4.52. The molecule has 0 aromatic heterocycles. The van der Waals surface area contributed by atoms with Gasteiger partial charge in [0.2, 0.25) is 0 Å². The Morgan fingerprint density at radius 3 is 3.06 bits per heavy atom. The molecule has 3 nitrogen and oxygen atoms in total. The number of hydrogen-bond donors (Lipinski definition) is 1. The van der Waals surface area contributed by atoms with Gasteiger partial charge in [-0.3, -0.25) is 0 Å². The number of benzene rings is 1. The van der Waals surface area contributed by atoms with Crippen molar-refractivity contribution in [3.8, 4) is 17.6 Å². The van der Waals surface area contributed by atoms with Crippen molar-refractivity contribution in [3.63, 3.8) is 0 Å². The Labute approximate surface area is 108 Å². The SMILES string of the molecule is Cc1cc(OCC2CCOC2)ccc1C#CCN. The maximum absolute atomic E-state index is 5.78. The summed E-state index contributed by atoms with van der Waals surface area (Å²) in [5.41, 5.74) is 7.50. The van der Waals surface area contributed by atoms with Gasteiger partial charge in [0, 0.05) is 18.1 Å². The molecule has 1 aliphatic heterocycles. The molecule has 1 fully saturated rings. The molecule has 1 aromatic carbocycles. The van der Waals surface area contributed by atoms with Gasteiger partial charge in [-0.15, -0.1) is 0 Å². The molecular weight excluding hydrogens is 226 g/mol. The first-order valence-corrected chi connectivity index (χ1v) is 6.29. The van der Waals surface area contributed by atoms with Gasteiger partial charge in [0.05, 0.1) is 19.8 Å². The van der Waals surface area contributed by atoms with Gasteiger partial charge in [0.25, 0.3) is 0 Å². The smallest absolute Gasteiger partial charge is 0.119 e. The summed E-state index contributed by atoms with van der Waals surface area (Å²) in [5.74, 6) is 7.34. The maximum Gasteiger partial charge on any atom is 0.119 e. The number of rotatable bonds is 3. The number of hydrogen-bond acceptors (Lipinski definition) is 3. The van der Waals surface area contributed by atoms with Gasteiger partial charge in [0.1, 0.15) is 5.75 Å². The monoisotopic (exact) mass is 245 g/mol. The van der Waals surface area contributed by atoms with Gasteiger partial charge in [-0.05, 0) is 37.1 Å². The van der Waals surface area contributed by atoms with E-state index in [0.717, 1.165) is 43.1 Å². The quantitative estimate of drug-likeness (QED) is 0.825. The zero-order valence-electron chi connectivity index (χ0n) is 10.7. The van der Waals surface area contributed by atoms with Crippen LogP contribution in [0.5, 0.6) is 5.75 Å². The molecule has 1 heterocycles. The predicted octanol–water partition coefficient (Wildman–Crippen LogP) is 1.72. The highest BCUT2D eigenvalue weighted by molar-refractivity contribution is 5.44. The third-order valence-electron chi connectivity index (χ3n) is 3.03. The molecule has 0 amide bonds. The van der Waals surface area contributed by atoms with Crippen LogP contribution in [0.4, 0.5) is 0 Å². The third-order valence-corrected chi connectivity index (χ3v) is 3.03. The normalized spacial score (nSPS) is 18.2. The summed E-state index contributed by atoms with van der Waals surface area (Å²) in [4.78, 5) is 0. The molecular formula is C15H19NO2. The fourth-order valence-electron chi connectivity index (χ4n) is 1.94. The Hall–Kier alpha value is -1.50. The van der Waals surface area contributed by atoms with Crippen molar-refractivity contribution < 1.29 is 9.47 Å². The largest absolute Gasteiger partial charge is 0.493 e. The van der Waals surface area contributed by atoms with Crippen LogP contribution in [0.15, 0.2) is 18.2 Å². The van der Waals surface area contributed by atoms with Gasteiger partial charge in [-0.2, -0.15) is 0 Å². The van der Waals surface area contributed by atoms with E-state index in [1.807, 2.05) is 25.1 Å². The molecule has 0 aliphatic carbocycles. The standard InChI is InChI=1S/C15H19NO2/c1-12-9-15(5-4-14(12)3-2-7-16)18-11-13-6-8-17-10-13/h4-5,9,13H,6-8,10-11,16H2,1H3. The molecule has 1 saturated heterocycles. The molecule has 0 spiro atoms. The molecule has 2 N–H and O–H groups in total. The lowest BCUT2D eigenvalue weighted by Gasteiger charge is -2.11. The first-order valence-electron chi connectivity index (χ1n) is 6.29. The summed E-state index contributed by atoms with van der Waals surface area (Å²) < 4.78 is 11.1. The molecule has 0 bridgehead atoms. The van der Waals surface area contributed by atoms with Crippen molar-refractivity contribution >= 4 is 0 Å². The lowest BCUT2D eigenvalue weighted by Crippen LogP contribution is -2.11. The Kier molecular flexibility index (Phi) is 4.63. The summed E-state index contributed by atoms with van der Waals surface area (Å²) in [6.07, 6.45) is 1.10. The molecule has 0 radical (unpaired) electrons. The van der Waals surface area contributed by atoms with Crippen LogP contribution in [-0.4, -0.2) is 26.4 Å². The van der Waals surface area contributed by atoms with E-state index in [0.29, 0.717) is 12.5 Å². The topological polar surface area (TPSA) is 44.5 Å². The average Bonchev–Trinajstić information content (AvgIpc) is 2.88. The first-order chi connectivity index (χ1) is 8.79. The van der Waals surface area contributed by atoms with Crippen LogP contribution in [0.25, 0.3) is 0 Å². The Morgan fingerprint density at radius 2 is 2.39 bits per heavy atom. The van der Waals surface area contributed by atoms with Gasteiger partial charge in [-0.1, -0.05) is 11.8 Å². The van der Waals surface area contributed by atoms with Crippen LogP contribution in [0.2, 0.25) is 0 Å². The minimum absolute atomic E-state index is 0.388. The Bertz CT molecular complexity index is 453. The third kappa shape index (κ3) is 3.49. The highest BCUT2D eigenvalue weighted by Gasteiger charge is 2.16. The predicted molar refractivity (Wildman–Crippen MR) is 71.5 cm³/mol. The molecule has 2 rings (SSSR count). The Balaban J connectivity index is 1.95. The summed E-state index contributed by atoms with van der Waals surface area (Å²) in [7, 11) is 0. The van der Waals surface area contributed by atoms with Crippen molar-refractivity contribution in [3.05, 3.63) is 29.3 Å². The van der Waals surface area contributed by atoms with Gasteiger partial charge < -0.3 is 15.2 Å². The molecule has 1 aromatic rings. The van der Waals surface area contributed by atoms with Crippen LogP contribution in [0, 0.1) is 24.7 Å². The van der Waals surface area contributed by atoms with Crippen LogP contribution >= 0.6 is 0 Å². The van der Waals surface area contributed by atoms with E-state index in [4.69, 9.17) is 15.2 Å². The molecule has 3 heteroatoms. The summed E-state index contributed by atoms with van der Waals surface area (Å²) in [5, 5.41) is 0. The van der Waals surface area contributed by atoms with Crippen molar-refractivity contribution in [2.45, 2.75) is 13.3 Å². The zero-order chi connectivity index (χ0) is 12.8. The second kappa shape index (κ2) is 6.44. The highest BCUT2D eigenvalue weighted by atomic mass is 16.5. The average molecular weight is 245 g/mol. The summed E-state index contributed by atoms with van der Waals surface area (Å²) in [6.45, 7) is 4.83. The Morgan fingerprint density at radius 1 is 1.50 bits per heavy atom. The van der Waals surface area contributed by atoms with Crippen molar-refractivity contribution in [2.24, 2.45) is 11.7 Å². The number of nitrogens with two attached hydrogens (primary N) is 1. The van der Waals surface area contributed by atoms with Crippen molar-refractivity contribution in [1.29, 1.82) is 0 Å². The fraction of sp³-hybridized carbons (Fsp3) is 0.467. The number of ether oxygens (including phenoxy) is 2. The van der Waals surface area contributed by atoms with Crippen LogP contribution < -0.4 is 10.5 Å². The van der Waals surface area contributed by atoms with Crippen molar-refractivity contribution in [2.75, 3.05) is 26.4 Å². The maximum atomic E-state index is 5.78.